The van der Waals surface area contributed by atoms with Crippen LogP contribution in [0, 0.1) is 6.92 Å². The molecule has 0 aromatic carbocycles. The number of nitrogens with zero attached hydrogens (tertiary/aromatic N) is 1. The van der Waals surface area contributed by atoms with E-state index in [1.54, 1.807) is 0 Å². The average molecular weight is 242 g/mol. The van der Waals surface area contributed by atoms with Gasteiger partial charge in [-0.2, -0.15) is 5.10 Å². The SMILES string of the molecule is Cc1[nH]nc(-c2ccc(Cl)s2)c1CCN. The largest absolute Gasteiger partial charge is 0.330 e. The van der Waals surface area contributed by atoms with Gasteiger partial charge in [-0.05, 0) is 32.0 Å². The van der Waals surface area contributed by atoms with Gasteiger partial charge >= 0.3 is 0 Å². The first-order valence-electron chi connectivity index (χ1n) is 4.72. The van der Waals surface area contributed by atoms with Crippen molar-refractivity contribution in [3.8, 4) is 10.6 Å². The molecule has 0 unspecified atom stereocenters. The Bertz CT molecular complexity index is 461. The van der Waals surface area contributed by atoms with E-state index in [1.807, 2.05) is 19.1 Å². The molecule has 2 heterocycles. The molecule has 0 bridgehead atoms. The van der Waals surface area contributed by atoms with Gasteiger partial charge in [-0.25, -0.2) is 0 Å². The van der Waals surface area contributed by atoms with Crippen molar-refractivity contribution in [3.05, 3.63) is 27.7 Å². The molecule has 3 N–H and O–H groups in total. The Morgan fingerprint density at radius 3 is 2.93 bits per heavy atom. The first kappa shape index (κ1) is 10.7. The quantitative estimate of drug-likeness (QED) is 0.868. The minimum absolute atomic E-state index is 0.631. The van der Waals surface area contributed by atoms with E-state index in [-0.39, 0.29) is 0 Å². The van der Waals surface area contributed by atoms with E-state index in [1.165, 1.54) is 16.9 Å². The molecule has 3 nitrogen and oxygen atoms in total. The molecule has 0 saturated heterocycles. The van der Waals surface area contributed by atoms with Crippen LogP contribution in [0.25, 0.3) is 10.6 Å². The van der Waals surface area contributed by atoms with Crippen LogP contribution in [-0.2, 0) is 6.42 Å². The summed E-state index contributed by atoms with van der Waals surface area (Å²) in [5.74, 6) is 0. The third kappa shape index (κ3) is 2.07. The standard InChI is InChI=1S/C10H12ClN3S/c1-6-7(4-5-12)10(14-13-6)8-2-3-9(11)15-8/h2-3H,4-5,12H2,1H3,(H,13,14). The number of halogens is 1. The van der Waals surface area contributed by atoms with Gasteiger partial charge in [-0.3, -0.25) is 5.10 Å². The van der Waals surface area contributed by atoms with Crippen LogP contribution in [0.5, 0.6) is 0 Å². The number of thiophene rings is 1. The summed E-state index contributed by atoms with van der Waals surface area (Å²) in [7, 11) is 0. The van der Waals surface area contributed by atoms with E-state index in [0.717, 1.165) is 27.0 Å². The molecule has 0 atom stereocenters. The second-order valence-corrected chi connectivity index (χ2v) is 5.03. The highest BCUT2D eigenvalue weighted by atomic mass is 35.5. The van der Waals surface area contributed by atoms with Gasteiger partial charge in [0.1, 0.15) is 5.69 Å². The minimum Gasteiger partial charge on any atom is -0.330 e. The predicted octanol–water partition coefficient (Wildman–Crippen LogP) is 2.60. The zero-order valence-corrected chi connectivity index (χ0v) is 9.95. The number of hydrogen-bond acceptors (Lipinski definition) is 3. The van der Waals surface area contributed by atoms with Crippen LogP contribution in [0.2, 0.25) is 4.34 Å². The zero-order valence-electron chi connectivity index (χ0n) is 8.38. The van der Waals surface area contributed by atoms with Crippen LogP contribution >= 0.6 is 22.9 Å². The fourth-order valence-electron chi connectivity index (χ4n) is 1.55. The summed E-state index contributed by atoms with van der Waals surface area (Å²) in [6.45, 7) is 2.64. The molecule has 0 aliphatic heterocycles. The first-order chi connectivity index (χ1) is 7.22. The Hall–Kier alpha value is -0.840. The molecule has 2 rings (SSSR count). The second-order valence-electron chi connectivity index (χ2n) is 3.32. The molecular formula is C10H12ClN3S. The Labute approximate surface area is 97.3 Å². The molecule has 0 aliphatic carbocycles. The Morgan fingerprint density at radius 1 is 1.53 bits per heavy atom. The van der Waals surface area contributed by atoms with Gasteiger partial charge in [-0.15, -0.1) is 11.3 Å². The topological polar surface area (TPSA) is 54.7 Å². The lowest BCUT2D eigenvalue weighted by molar-refractivity contribution is 0.957. The summed E-state index contributed by atoms with van der Waals surface area (Å²) in [4.78, 5) is 1.09. The van der Waals surface area contributed by atoms with Gasteiger partial charge in [0, 0.05) is 11.3 Å². The first-order valence-corrected chi connectivity index (χ1v) is 5.91. The number of aromatic nitrogens is 2. The molecule has 15 heavy (non-hydrogen) atoms. The van der Waals surface area contributed by atoms with Gasteiger partial charge in [0.05, 0.1) is 9.21 Å². The number of aromatic amines is 1. The molecule has 0 radical (unpaired) electrons. The van der Waals surface area contributed by atoms with E-state index in [0.29, 0.717) is 6.54 Å². The highest BCUT2D eigenvalue weighted by Gasteiger charge is 2.12. The van der Waals surface area contributed by atoms with E-state index in [4.69, 9.17) is 17.3 Å². The maximum Gasteiger partial charge on any atom is 0.106 e. The smallest absolute Gasteiger partial charge is 0.106 e. The lowest BCUT2D eigenvalue weighted by Gasteiger charge is -1.99. The van der Waals surface area contributed by atoms with Crippen LogP contribution in [0.15, 0.2) is 12.1 Å². The van der Waals surface area contributed by atoms with Crippen molar-refractivity contribution >= 4 is 22.9 Å². The summed E-state index contributed by atoms with van der Waals surface area (Å²) in [6.07, 6.45) is 0.840. The van der Waals surface area contributed by atoms with Gasteiger partial charge < -0.3 is 5.73 Å². The van der Waals surface area contributed by atoms with E-state index < -0.39 is 0 Å². The van der Waals surface area contributed by atoms with Crippen molar-refractivity contribution in [1.82, 2.24) is 10.2 Å². The molecule has 0 amide bonds. The molecule has 0 fully saturated rings. The van der Waals surface area contributed by atoms with Crippen LogP contribution < -0.4 is 5.73 Å². The minimum atomic E-state index is 0.631. The number of hydrogen-bond donors (Lipinski definition) is 2. The lowest BCUT2D eigenvalue weighted by Crippen LogP contribution is -2.03. The molecule has 0 spiro atoms. The molecule has 2 aromatic rings. The summed E-state index contributed by atoms with van der Waals surface area (Å²) in [6, 6.07) is 3.88. The molecule has 0 saturated carbocycles. The number of nitrogens with two attached hydrogens (primary N) is 1. The van der Waals surface area contributed by atoms with Gasteiger partial charge in [-0.1, -0.05) is 11.6 Å². The Morgan fingerprint density at radius 2 is 2.33 bits per heavy atom. The zero-order chi connectivity index (χ0) is 10.8. The molecular weight excluding hydrogens is 230 g/mol. The summed E-state index contributed by atoms with van der Waals surface area (Å²) in [5.41, 5.74) is 8.83. The second kappa shape index (κ2) is 4.35. The third-order valence-electron chi connectivity index (χ3n) is 2.27. The van der Waals surface area contributed by atoms with E-state index in [2.05, 4.69) is 10.2 Å². The lowest BCUT2D eigenvalue weighted by atomic mass is 10.1. The monoisotopic (exact) mass is 241 g/mol. The third-order valence-corrected chi connectivity index (χ3v) is 3.51. The van der Waals surface area contributed by atoms with Crippen LogP contribution in [0.1, 0.15) is 11.3 Å². The van der Waals surface area contributed by atoms with Crippen molar-refractivity contribution in [3.63, 3.8) is 0 Å². The summed E-state index contributed by atoms with van der Waals surface area (Å²) in [5, 5.41) is 7.28. The number of aryl methyl sites for hydroxylation is 1. The summed E-state index contributed by atoms with van der Waals surface area (Å²) < 4.78 is 0.782. The van der Waals surface area contributed by atoms with Crippen molar-refractivity contribution in [2.24, 2.45) is 5.73 Å². The Balaban J connectivity index is 2.43. The molecule has 80 valence electrons. The number of nitrogens with one attached hydrogen (secondary N) is 1. The molecule has 2 aromatic heterocycles. The highest BCUT2D eigenvalue weighted by Crippen LogP contribution is 2.32. The number of rotatable bonds is 3. The Kier molecular flexibility index (Phi) is 3.09. The van der Waals surface area contributed by atoms with Crippen molar-refractivity contribution in [2.75, 3.05) is 6.54 Å². The molecule has 0 aliphatic rings. The van der Waals surface area contributed by atoms with Crippen molar-refractivity contribution < 1.29 is 0 Å². The van der Waals surface area contributed by atoms with Crippen LogP contribution in [-0.4, -0.2) is 16.7 Å². The van der Waals surface area contributed by atoms with E-state index >= 15 is 0 Å². The average Bonchev–Trinajstić information content (AvgIpc) is 2.76. The maximum absolute atomic E-state index is 5.90. The van der Waals surface area contributed by atoms with Crippen molar-refractivity contribution in [2.45, 2.75) is 13.3 Å². The van der Waals surface area contributed by atoms with Gasteiger partial charge in [0.15, 0.2) is 0 Å². The van der Waals surface area contributed by atoms with E-state index in [9.17, 15) is 0 Å². The number of H-pyrrole nitrogens is 1. The van der Waals surface area contributed by atoms with Gasteiger partial charge in [0.2, 0.25) is 0 Å². The van der Waals surface area contributed by atoms with Gasteiger partial charge in [0.25, 0.3) is 0 Å². The molecule has 5 heteroatoms. The fraction of sp³-hybridized carbons (Fsp3) is 0.300. The van der Waals surface area contributed by atoms with Crippen LogP contribution in [0.3, 0.4) is 0 Å². The normalized spacial score (nSPS) is 10.9. The maximum atomic E-state index is 5.90. The fourth-order valence-corrected chi connectivity index (χ4v) is 2.61. The summed E-state index contributed by atoms with van der Waals surface area (Å²) >= 11 is 7.44. The van der Waals surface area contributed by atoms with Crippen molar-refractivity contribution in [1.29, 1.82) is 0 Å². The predicted molar refractivity (Wildman–Crippen MR) is 64.4 cm³/mol. The highest BCUT2D eigenvalue weighted by molar-refractivity contribution is 7.19. The van der Waals surface area contributed by atoms with Crippen LogP contribution in [0.4, 0.5) is 0 Å².